The molecule has 1 aliphatic rings. The molecule has 2 rings (SSSR count). The van der Waals surface area contributed by atoms with Crippen LogP contribution in [-0.4, -0.2) is 23.7 Å². The van der Waals surface area contributed by atoms with Crippen LogP contribution in [0.2, 0.25) is 0 Å². The van der Waals surface area contributed by atoms with E-state index in [1.165, 1.54) is 16.7 Å². The lowest BCUT2D eigenvalue weighted by Gasteiger charge is -2.20. The fraction of sp³-hybridized carbons (Fsp3) is 0.611. The molecule has 0 radical (unpaired) electrons. The van der Waals surface area contributed by atoms with Crippen LogP contribution < -0.4 is 5.32 Å². The summed E-state index contributed by atoms with van der Waals surface area (Å²) >= 11 is 0. The van der Waals surface area contributed by atoms with Crippen LogP contribution in [0.25, 0.3) is 0 Å². The topological polar surface area (TPSA) is 49.3 Å². The van der Waals surface area contributed by atoms with Gasteiger partial charge in [-0.15, -0.1) is 0 Å². The van der Waals surface area contributed by atoms with Gasteiger partial charge in [0.05, 0.1) is 6.10 Å². The van der Waals surface area contributed by atoms with Gasteiger partial charge in [-0.05, 0) is 75.3 Å². The van der Waals surface area contributed by atoms with Gasteiger partial charge in [-0.3, -0.25) is 4.79 Å². The summed E-state index contributed by atoms with van der Waals surface area (Å²) in [6.45, 7) is 10.9. The second-order valence-electron chi connectivity index (χ2n) is 6.47. The number of rotatable bonds is 3. The smallest absolute Gasteiger partial charge is 0.251 e. The normalized spacial score (nSPS) is 21.6. The van der Waals surface area contributed by atoms with Crippen molar-refractivity contribution in [2.75, 3.05) is 6.54 Å². The van der Waals surface area contributed by atoms with Gasteiger partial charge in [-0.2, -0.15) is 0 Å². The molecule has 116 valence electrons. The van der Waals surface area contributed by atoms with Gasteiger partial charge in [0.2, 0.25) is 0 Å². The van der Waals surface area contributed by atoms with Crippen molar-refractivity contribution in [3.8, 4) is 0 Å². The predicted molar refractivity (Wildman–Crippen MR) is 85.8 cm³/mol. The van der Waals surface area contributed by atoms with Crippen molar-refractivity contribution in [1.82, 2.24) is 5.32 Å². The lowest BCUT2D eigenvalue weighted by Crippen LogP contribution is -2.33. The molecule has 3 heteroatoms. The average Bonchev–Trinajstić information content (AvgIpc) is 2.86. The molecule has 1 saturated carbocycles. The number of amides is 1. The van der Waals surface area contributed by atoms with Crippen LogP contribution in [0.5, 0.6) is 0 Å². The van der Waals surface area contributed by atoms with Crippen molar-refractivity contribution in [2.45, 2.75) is 60.0 Å². The Morgan fingerprint density at radius 1 is 1.00 bits per heavy atom. The van der Waals surface area contributed by atoms with Gasteiger partial charge >= 0.3 is 0 Å². The highest BCUT2D eigenvalue weighted by Crippen LogP contribution is 2.27. The van der Waals surface area contributed by atoms with Gasteiger partial charge in [0.1, 0.15) is 0 Å². The van der Waals surface area contributed by atoms with E-state index >= 15 is 0 Å². The minimum atomic E-state index is -0.256. The number of aliphatic hydroxyl groups is 1. The molecule has 0 aromatic heterocycles. The third-order valence-corrected chi connectivity index (χ3v) is 5.37. The molecule has 3 nitrogen and oxygen atoms in total. The van der Waals surface area contributed by atoms with E-state index in [9.17, 15) is 9.90 Å². The molecular formula is C18H27NO2. The standard InChI is InChI=1S/C18H27NO2/c1-10-11(2)13(4)17(14(5)12(10)3)18(21)19-9-15-7-6-8-16(15)20/h15-16,20H,6-9H2,1-5H3,(H,19,21). The van der Waals surface area contributed by atoms with Gasteiger partial charge in [0.25, 0.3) is 5.91 Å². The zero-order valence-corrected chi connectivity index (χ0v) is 13.8. The van der Waals surface area contributed by atoms with Crippen LogP contribution in [0.3, 0.4) is 0 Å². The Hall–Kier alpha value is -1.35. The van der Waals surface area contributed by atoms with Gasteiger partial charge < -0.3 is 10.4 Å². The third-order valence-electron chi connectivity index (χ3n) is 5.37. The Morgan fingerprint density at radius 3 is 2.00 bits per heavy atom. The summed E-state index contributed by atoms with van der Waals surface area (Å²) in [6, 6.07) is 0. The van der Waals surface area contributed by atoms with Crippen LogP contribution in [0, 0.1) is 40.5 Å². The minimum absolute atomic E-state index is 0.00435. The molecule has 2 N–H and O–H groups in total. The van der Waals surface area contributed by atoms with Crippen molar-refractivity contribution >= 4 is 5.91 Å². The first-order chi connectivity index (χ1) is 9.84. The third kappa shape index (κ3) is 2.98. The summed E-state index contributed by atoms with van der Waals surface area (Å²) in [5.41, 5.74) is 6.62. The number of benzene rings is 1. The first-order valence-electron chi connectivity index (χ1n) is 7.87. The first kappa shape index (κ1) is 16.0. The minimum Gasteiger partial charge on any atom is -0.393 e. The molecular weight excluding hydrogens is 262 g/mol. The average molecular weight is 289 g/mol. The van der Waals surface area contributed by atoms with E-state index in [0.29, 0.717) is 6.54 Å². The molecule has 0 heterocycles. The van der Waals surface area contributed by atoms with Crippen LogP contribution in [0.4, 0.5) is 0 Å². The van der Waals surface area contributed by atoms with E-state index in [2.05, 4.69) is 26.1 Å². The Balaban J connectivity index is 2.19. The van der Waals surface area contributed by atoms with Gasteiger partial charge in [0, 0.05) is 18.0 Å². The highest BCUT2D eigenvalue weighted by atomic mass is 16.3. The van der Waals surface area contributed by atoms with E-state index < -0.39 is 0 Å². The molecule has 21 heavy (non-hydrogen) atoms. The summed E-state index contributed by atoms with van der Waals surface area (Å²) in [5, 5.41) is 12.9. The van der Waals surface area contributed by atoms with E-state index in [-0.39, 0.29) is 17.9 Å². The molecule has 1 fully saturated rings. The van der Waals surface area contributed by atoms with Crippen molar-refractivity contribution in [3.63, 3.8) is 0 Å². The molecule has 2 atom stereocenters. The number of hydrogen-bond acceptors (Lipinski definition) is 2. The molecule has 0 bridgehead atoms. The van der Waals surface area contributed by atoms with Gasteiger partial charge in [-0.25, -0.2) is 0 Å². The van der Waals surface area contributed by atoms with Crippen LogP contribution in [-0.2, 0) is 0 Å². The zero-order valence-electron chi connectivity index (χ0n) is 13.8. The van der Waals surface area contributed by atoms with E-state index in [0.717, 1.165) is 36.0 Å². The maximum atomic E-state index is 12.6. The molecule has 1 aromatic rings. The zero-order chi connectivity index (χ0) is 15.7. The summed E-state index contributed by atoms with van der Waals surface area (Å²) in [7, 11) is 0. The molecule has 1 aromatic carbocycles. The molecule has 1 amide bonds. The quantitative estimate of drug-likeness (QED) is 0.898. The molecule has 0 aliphatic heterocycles. The molecule has 1 aliphatic carbocycles. The predicted octanol–water partition coefficient (Wildman–Crippen LogP) is 3.12. The maximum absolute atomic E-state index is 12.6. The maximum Gasteiger partial charge on any atom is 0.251 e. The van der Waals surface area contributed by atoms with Crippen LogP contribution >= 0.6 is 0 Å². The fourth-order valence-corrected chi connectivity index (χ4v) is 3.41. The monoisotopic (exact) mass is 289 g/mol. The SMILES string of the molecule is Cc1c(C)c(C)c(C(=O)NCC2CCCC2O)c(C)c1C. The van der Waals surface area contributed by atoms with Crippen molar-refractivity contribution in [2.24, 2.45) is 5.92 Å². The lowest BCUT2D eigenvalue weighted by molar-refractivity contribution is 0.0915. The summed E-state index contributed by atoms with van der Waals surface area (Å²) in [5.74, 6) is 0.206. The lowest BCUT2D eigenvalue weighted by atomic mass is 9.89. The van der Waals surface area contributed by atoms with Crippen molar-refractivity contribution in [1.29, 1.82) is 0 Å². The largest absolute Gasteiger partial charge is 0.393 e. The van der Waals surface area contributed by atoms with E-state index in [1.807, 2.05) is 13.8 Å². The number of carbonyl (C=O) groups is 1. The summed E-state index contributed by atoms with van der Waals surface area (Å²) in [4.78, 5) is 12.6. The van der Waals surface area contributed by atoms with Crippen molar-refractivity contribution in [3.05, 3.63) is 33.4 Å². The second kappa shape index (κ2) is 6.18. The number of hydrogen-bond donors (Lipinski definition) is 2. The van der Waals surface area contributed by atoms with Gasteiger partial charge in [0.15, 0.2) is 0 Å². The van der Waals surface area contributed by atoms with Crippen LogP contribution in [0.1, 0.15) is 57.4 Å². The highest BCUT2D eigenvalue weighted by Gasteiger charge is 2.26. The highest BCUT2D eigenvalue weighted by molar-refractivity contribution is 5.98. The second-order valence-corrected chi connectivity index (χ2v) is 6.47. The Morgan fingerprint density at radius 2 is 1.52 bits per heavy atom. The van der Waals surface area contributed by atoms with E-state index in [1.54, 1.807) is 0 Å². The summed E-state index contributed by atoms with van der Waals surface area (Å²) < 4.78 is 0. The van der Waals surface area contributed by atoms with E-state index in [4.69, 9.17) is 0 Å². The number of carbonyl (C=O) groups excluding carboxylic acids is 1. The Labute approximate surface area is 127 Å². The van der Waals surface area contributed by atoms with Crippen molar-refractivity contribution < 1.29 is 9.90 Å². The molecule has 0 spiro atoms. The Kier molecular flexibility index (Phi) is 4.72. The number of aliphatic hydroxyl groups excluding tert-OH is 1. The van der Waals surface area contributed by atoms with Crippen LogP contribution in [0.15, 0.2) is 0 Å². The fourth-order valence-electron chi connectivity index (χ4n) is 3.41. The first-order valence-corrected chi connectivity index (χ1v) is 7.87. The molecule has 2 unspecified atom stereocenters. The Bertz CT molecular complexity index is 534. The molecule has 0 saturated heterocycles. The number of nitrogens with one attached hydrogen (secondary N) is 1. The summed E-state index contributed by atoms with van der Waals surface area (Å²) in [6.07, 6.45) is 2.67. The van der Waals surface area contributed by atoms with Gasteiger partial charge in [-0.1, -0.05) is 6.42 Å².